The number of carbonyl (C=O) groups is 1. The van der Waals surface area contributed by atoms with Crippen LogP contribution >= 0.6 is 0 Å². The lowest BCUT2D eigenvalue weighted by Gasteiger charge is -2.29. The van der Waals surface area contributed by atoms with Crippen LogP contribution in [0.5, 0.6) is 0 Å². The number of Topliss-reactive ketones (excluding diaryl/α,β-unsaturated/α-hetero) is 1. The van der Waals surface area contributed by atoms with Gasteiger partial charge in [0.25, 0.3) is 0 Å². The number of hydrogen-bond acceptors (Lipinski definition) is 3. The van der Waals surface area contributed by atoms with Crippen molar-refractivity contribution in [2.45, 2.75) is 33.1 Å². The molecule has 3 nitrogen and oxygen atoms in total. The molecule has 0 radical (unpaired) electrons. The number of ketones is 1. The molecule has 1 saturated heterocycles. The monoisotopic (exact) mass is 288 g/mol. The van der Waals surface area contributed by atoms with Crippen molar-refractivity contribution < 1.29 is 4.79 Å². The Morgan fingerprint density at radius 2 is 1.95 bits per heavy atom. The van der Waals surface area contributed by atoms with E-state index in [2.05, 4.69) is 23.6 Å². The minimum Gasteiger partial charge on any atom is -0.377 e. The van der Waals surface area contributed by atoms with Gasteiger partial charge in [-0.1, -0.05) is 6.92 Å². The van der Waals surface area contributed by atoms with Crippen molar-refractivity contribution >= 4 is 11.5 Å². The molecule has 0 unspecified atom stereocenters. The molecule has 0 N–H and O–H groups in total. The maximum absolute atomic E-state index is 12.3. The van der Waals surface area contributed by atoms with Crippen LogP contribution in [0.1, 0.15) is 42.1 Å². The van der Waals surface area contributed by atoms with Gasteiger partial charge in [-0.05, 0) is 62.5 Å². The van der Waals surface area contributed by atoms with Crippen LogP contribution in [0.25, 0.3) is 0 Å². The van der Waals surface area contributed by atoms with E-state index in [1.807, 2.05) is 32.3 Å². The summed E-state index contributed by atoms with van der Waals surface area (Å²) in [6, 6.07) is 6.03. The number of rotatable bonds is 5. The van der Waals surface area contributed by atoms with Gasteiger partial charge in [-0.3, -0.25) is 4.79 Å². The third-order valence-corrected chi connectivity index (χ3v) is 4.53. The molecule has 1 aliphatic heterocycles. The number of anilines is 1. The fourth-order valence-electron chi connectivity index (χ4n) is 3.02. The van der Waals surface area contributed by atoms with Crippen LogP contribution in [-0.4, -0.2) is 44.4 Å². The number of aryl methyl sites for hydroxylation is 1. The molecule has 1 aromatic carbocycles. The van der Waals surface area contributed by atoms with Crippen LogP contribution in [0.4, 0.5) is 5.69 Å². The Labute approximate surface area is 128 Å². The lowest BCUT2D eigenvalue weighted by molar-refractivity contribution is 0.0953. The summed E-state index contributed by atoms with van der Waals surface area (Å²) < 4.78 is 0. The standard InChI is InChI=1S/C18H28N2O/c1-14-7-10-20(11-8-14)12-9-18(21)16-5-6-17(19(3)4)15(2)13-16/h5-6,13-14H,7-12H2,1-4H3. The lowest BCUT2D eigenvalue weighted by Crippen LogP contribution is -2.34. The zero-order valence-electron chi connectivity index (χ0n) is 13.9. The molecule has 0 atom stereocenters. The minimum absolute atomic E-state index is 0.266. The third-order valence-electron chi connectivity index (χ3n) is 4.53. The first-order chi connectivity index (χ1) is 9.97. The van der Waals surface area contributed by atoms with Gasteiger partial charge in [-0.25, -0.2) is 0 Å². The molecule has 0 aromatic heterocycles. The van der Waals surface area contributed by atoms with Crippen LogP contribution in [0, 0.1) is 12.8 Å². The zero-order valence-corrected chi connectivity index (χ0v) is 13.9. The molecule has 1 aliphatic rings. The molecule has 0 bridgehead atoms. The Kier molecular flexibility index (Phi) is 5.40. The Hall–Kier alpha value is -1.35. The number of carbonyl (C=O) groups excluding carboxylic acids is 1. The summed E-state index contributed by atoms with van der Waals surface area (Å²) in [5.74, 6) is 1.11. The smallest absolute Gasteiger partial charge is 0.164 e. The summed E-state index contributed by atoms with van der Waals surface area (Å²) >= 11 is 0. The number of likely N-dealkylation sites (tertiary alicyclic amines) is 1. The Morgan fingerprint density at radius 1 is 1.29 bits per heavy atom. The van der Waals surface area contributed by atoms with E-state index in [1.165, 1.54) is 18.5 Å². The van der Waals surface area contributed by atoms with Gasteiger partial charge in [0.1, 0.15) is 0 Å². The second-order valence-corrected chi connectivity index (χ2v) is 6.59. The number of hydrogen-bond donors (Lipinski definition) is 0. The maximum atomic E-state index is 12.3. The first-order valence-corrected chi connectivity index (χ1v) is 8.01. The van der Waals surface area contributed by atoms with Crippen molar-refractivity contribution in [3.8, 4) is 0 Å². The second kappa shape index (κ2) is 7.08. The predicted octanol–water partition coefficient (Wildman–Crippen LogP) is 3.37. The largest absolute Gasteiger partial charge is 0.377 e. The van der Waals surface area contributed by atoms with E-state index in [0.29, 0.717) is 6.42 Å². The highest BCUT2D eigenvalue weighted by atomic mass is 16.1. The van der Waals surface area contributed by atoms with Gasteiger partial charge in [0.05, 0.1) is 0 Å². The molecule has 1 aromatic rings. The Balaban J connectivity index is 1.90. The number of nitrogens with zero attached hydrogens (tertiary/aromatic N) is 2. The molecule has 1 fully saturated rings. The van der Waals surface area contributed by atoms with Crippen molar-refractivity contribution in [2.75, 3.05) is 38.6 Å². The average Bonchev–Trinajstić information content (AvgIpc) is 2.45. The van der Waals surface area contributed by atoms with E-state index in [1.54, 1.807) is 0 Å². The van der Waals surface area contributed by atoms with Crippen LogP contribution in [-0.2, 0) is 0 Å². The summed E-state index contributed by atoms with van der Waals surface area (Å²) in [6.45, 7) is 7.58. The van der Waals surface area contributed by atoms with Gasteiger partial charge < -0.3 is 9.80 Å². The van der Waals surface area contributed by atoms with Crippen molar-refractivity contribution in [3.63, 3.8) is 0 Å². The Bertz CT molecular complexity index is 488. The van der Waals surface area contributed by atoms with Crippen molar-refractivity contribution in [1.29, 1.82) is 0 Å². The quantitative estimate of drug-likeness (QED) is 0.776. The van der Waals surface area contributed by atoms with Crippen LogP contribution in [0.3, 0.4) is 0 Å². The molecule has 1 heterocycles. The highest BCUT2D eigenvalue weighted by Gasteiger charge is 2.17. The van der Waals surface area contributed by atoms with E-state index in [4.69, 9.17) is 0 Å². The molecule has 116 valence electrons. The lowest BCUT2D eigenvalue weighted by atomic mass is 9.98. The van der Waals surface area contributed by atoms with E-state index in [-0.39, 0.29) is 5.78 Å². The van der Waals surface area contributed by atoms with E-state index < -0.39 is 0 Å². The van der Waals surface area contributed by atoms with E-state index >= 15 is 0 Å². The molecule has 21 heavy (non-hydrogen) atoms. The topological polar surface area (TPSA) is 23.6 Å². The van der Waals surface area contributed by atoms with Gasteiger partial charge in [-0.2, -0.15) is 0 Å². The van der Waals surface area contributed by atoms with E-state index in [9.17, 15) is 4.79 Å². The van der Waals surface area contributed by atoms with Crippen molar-refractivity contribution in [1.82, 2.24) is 4.90 Å². The second-order valence-electron chi connectivity index (χ2n) is 6.59. The summed E-state index contributed by atoms with van der Waals surface area (Å²) in [5, 5.41) is 0. The van der Waals surface area contributed by atoms with Gasteiger partial charge in [0.2, 0.25) is 0 Å². The third kappa shape index (κ3) is 4.31. The van der Waals surface area contributed by atoms with Gasteiger partial charge >= 0.3 is 0 Å². The fraction of sp³-hybridized carbons (Fsp3) is 0.611. The molecule has 3 heteroatoms. The average molecular weight is 288 g/mol. The fourth-order valence-corrected chi connectivity index (χ4v) is 3.02. The molecular formula is C18H28N2O. The number of benzene rings is 1. The first-order valence-electron chi connectivity index (χ1n) is 8.01. The molecule has 0 spiro atoms. The van der Waals surface area contributed by atoms with Crippen LogP contribution in [0.15, 0.2) is 18.2 Å². The first kappa shape index (κ1) is 16.0. The summed E-state index contributed by atoms with van der Waals surface area (Å²) in [4.78, 5) is 16.9. The van der Waals surface area contributed by atoms with Gasteiger partial charge in [-0.15, -0.1) is 0 Å². The SMILES string of the molecule is Cc1cc(C(=O)CCN2CCC(C)CC2)ccc1N(C)C. The highest BCUT2D eigenvalue weighted by Crippen LogP contribution is 2.20. The molecular weight excluding hydrogens is 260 g/mol. The highest BCUT2D eigenvalue weighted by molar-refractivity contribution is 5.96. The normalized spacial score (nSPS) is 17.0. The van der Waals surface area contributed by atoms with Gasteiger partial charge in [0.15, 0.2) is 5.78 Å². The molecule has 0 saturated carbocycles. The zero-order chi connectivity index (χ0) is 15.4. The molecule has 2 rings (SSSR count). The van der Waals surface area contributed by atoms with Crippen molar-refractivity contribution in [2.24, 2.45) is 5.92 Å². The summed E-state index contributed by atoms with van der Waals surface area (Å²) in [5.41, 5.74) is 3.19. The predicted molar refractivity (Wildman–Crippen MR) is 89.3 cm³/mol. The van der Waals surface area contributed by atoms with Crippen LogP contribution in [0.2, 0.25) is 0 Å². The van der Waals surface area contributed by atoms with Crippen LogP contribution < -0.4 is 4.90 Å². The Morgan fingerprint density at radius 3 is 2.52 bits per heavy atom. The summed E-state index contributed by atoms with van der Waals surface area (Å²) in [7, 11) is 4.06. The summed E-state index contributed by atoms with van der Waals surface area (Å²) in [6.07, 6.45) is 3.17. The maximum Gasteiger partial charge on any atom is 0.164 e. The van der Waals surface area contributed by atoms with Gasteiger partial charge in [0, 0.05) is 38.3 Å². The van der Waals surface area contributed by atoms with Crippen molar-refractivity contribution in [3.05, 3.63) is 29.3 Å². The molecule has 0 amide bonds. The minimum atomic E-state index is 0.266. The number of piperidine rings is 1. The molecule has 0 aliphatic carbocycles. The van der Waals surface area contributed by atoms with E-state index in [0.717, 1.165) is 36.7 Å².